The van der Waals surface area contributed by atoms with Gasteiger partial charge in [0.25, 0.3) is 0 Å². The van der Waals surface area contributed by atoms with Gasteiger partial charge in [-0.1, -0.05) is 0 Å². The van der Waals surface area contributed by atoms with Crippen molar-refractivity contribution in [1.82, 2.24) is 4.72 Å². The van der Waals surface area contributed by atoms with E-state index in [0.29, 0.717) is 4.88 Å². The Labute approximate surface area is 119 Å². The van der Waals surface area contributed by atoms with Gasteiger partial charge in [0, 0.05) is 4.88 Å². The molecule has 0 bridgehead atoms. The maximum Gasteiger partial charge on any atom is 0.326 e. The number of nitrogens with one attached hydrogen (secondary N) is 1. The molecule has 0 amide bonds. The highest BCUT2D eigenvalue weighted by Gasteiger charge is 2.35. The first-order chi connectivity index (χ1) is 8.10. The summed E-state index contributed by atoms with van der Waals surface area (Å²) in [6, 6.07) is 1.51. The van der Waals surface area contributed by atoms with Gasteiger partial charge >= 0.3 is 5.97 Å². The van der Waals surface area contributed by atoms with E-state index in [0.717, 1.165) is 3.79 Å². The van der Waals surface area contributed by atoms with E-state index in [4.69, 9.17) is 0 Å². The molecule has 0 fully saturated rings. The Bertz CT molecular complexity index is 562. The van der Waals surface area contributed by atoms with Crippen molar-refractivity contribution < 1.29 is 17.9 Å². The predicted octanol–water partition coefficient (Wildman–Crippen LogP) is 2.05. The lowest BCUT2D eigenvalue weighted by Gasteiger charge is -2.22. The summed E-state index contributed by atoms with van der Waals surface area (Å²) in [4.78, 5) is 12.3. The molecule has 0 atom stereocenters. The summed E-state index contributed by atoms with van der Waals surface area (Å²) in [5.41, 5.74) is -1.31. The zero-order valence-corrected chi connectivity index (χ0v) is 13.6. The number of methoxy groups -OCH3 is 1. The summed E-state index contributed by atoms with van der Waals surface area (Å²) < 4.78 is 32.0. The van der Waals surface area contributed by atoms with Gasteiger partial charge in [-0.25, -0.2) is 8.42 Å². The van der Waals surface area contributed by atoms with Crippen molar-refractivity contribution in [1.29, 1.82) is 0 Å². The average Bonchev–Trinajstić information content (AvgIpc) is 2.55. The van der Waals surface area contributed by atoms with Gasteiger partial charge in [0.1, 0.15) is 5.54 Å². The first kappa shape index (κ1) is 15.6. The summed E-state index contributed by atoms with van der Waals surface area (Å²) in [5, 5.41) is 0. The van der Waals surface area contributed by atoms with Gasteiger partial charge < -0.3 is 4.74 Å². The number of hydrogen-bond acceptors (Lipinski definition) is 5. The molecule has 0 aliphatic heterocycles. The highest BCUT2D eigenvalue weighted by atomic mass is 79.9. The molecule has 1 aromatic heterocycles. The molecule has 0 aliphatic rings. The molecule has 102 valence electrons. The van der Waals surface area contributed by atoms with Gasteiger partial charge in [-0.15, -0.1) is 11.3 Å². The maximum absolute atomic E-state index is 12.2. The molecule has 1 N–H and O–H groups in total. The van der Waals surface area contributed by atoms with Crippen LogP contribution in [-0.2, 0) is 19.6 Å². The SMILES string of the molecule is COC(=O)C(C)(C)NS(=O)(=O)c1cc(Br)sc1C. The van der Waals surface area contributed by atoms with Crippen molar-refractivity contribution in [3.63, 3.8) is 0 Å². The van der Waals surface area contributed by atoms with Gasteiger partial charge in [-0.05, 0) is 42.8 Å². The van der Waals surface area contributed by atoms with Gasteiger partial charge in [0.2, 0.25) is 10.0 Å². The molecule has 1 aromatic rings. The number of aryl methyl sites for hydroxylation is 1. The lowest BCUT2D eigenvalue weighted by Crippen LogP contribution is -2.50. The van der Waals surface area contributed by atoms with E-state index in [1.807, 2.05) is 0 Å². The number of ether oxygens (including phenoxy) is 1. The molecule has 0 radical (unpaired) electrons. The zero-order chi connectivity index (χ0) is 14.1. The van der Waals surface area contributed by atoms with E-state index in [2.05, 4.69) is 25.4 Å². The van der Waals surface area contributed by atoms with Crippen LogP contribution in [0.5, 0.6) is 0 Å². The molecule has 18 heavy (non-hydrogen) atoms. The van der Waals surface area contributed by atoms with Crippen molar-refractivity contribution in [2.75, 3.05) is 7.11 Å². The number of halogens is 1. The Balaban J connectivity index is 3.10. The summed E-state index contributed by atoms with van der Waals surface area (Å²) in [7, 11) is -2.54. The van der Waals surface area contributed by atoms with Crippen LogP contribution in [-0.4, -0.2) is 27.0 Å². The van der Waals surface area contributed by atoms with Gasteiger partial charge in [0.05, 0.1) is 15.8 Å². The van der Waals surface area contributed by atoms with E-state index < -0.39 is 21.5 Å². The van der Waals surface area contributed by atoms with Crippen LogP contribution in [0.25, 0.3) is 0 Å². The Hall–Kier alpha value is -0.440. The molecule has 0 saturated carbocycles. The average molecular weight is 356 g/mol. The van der Waals surface area contributed by atoms with E-state index in [1.165, 1.54) is 38.4 Å². The Kier molecular flexibility index (Phi) is 4.58. The Morgan fingerprint density at radius 2 is 2.06 bits per heavy atom. The molecule has 8 heteroatoms. The standard InChI is InChI=1S/C10H14BrNO4S2/c1-6-7(5-8(11)17-6)18(14,15)12-10(2,3)9(13)16-4/h5,12H,1-4H3. The fourth-order valence-corrected chi connectivity index (χ4v) is 5.17. The van der Waals surface area contributed by atoms with Crippen LogP contribution in [0.15, 0.2) is 14.7 Å². The fourth-order valence-electron chi connectivity index (χ4n) is 1.39. The molecular formula is C10H14BrNO4S2. The van der Waals surface area contributed by atoms with E-state index >= 15 is 0 Å². The van der Waals surface area contributed by atoms with Crippen molar-refractivity contribution in [2.24, 2.45) is 0 Å². The number of rotatable bonds is 4. The number of esters is 1. The molecule has 0 aliphatic carbocycles. The topological polar surface area (TPSA) is 72.5 Å². The first-order valence-corrected chi connectivity index (χ1v) is 8.08. The molecular weight excluding hydrogens is 342 g/mol. The number of hydrogen-bond donors (Lipinski definition) is 1. The van der Waals surface area contributed by atoms with Crippen LogP contribution >= 0.6 is 27.3 Å². The third-order valence-electron chi connectivity index (χ3n) is 2.22. The van der Waals surface area contributed by atoms with Crippen molar-refractivity contribution in [3.05, 3.63) is 14.7 Å². The minimum atomic E-state index is -3.75. The second kappa shape index (κ2) is 5.28. The molecule has 0 saturated heterocycles. The number of carbonyl (C=O) groups excluding carboxylic acids is 1. The van der Waals surface area contributed by atoms with Crippen LogP contribution in [0.3, 0.4) is 0 Å². The lowest BCUT2D eigenvalue weighted by atomic mass is 10.1. The first-order valence-electron chi connectivity index (χ1n) is 4.98. The van der Waals surface area contributed by atoms with Crippen molar-refractivity contribution in [3.8, 4) is 0 Å². The summed E-state index contributed by atoms with van der Waals surface area (Å²) >= 11 is 4.55. The lowest BCUT2D eigenvalue weighted by molar-refractivity contribution is -0.146. The second-order valence-corrected chi connectivity index (χ2v) is 8.48. The smallest absolute Gasteiger partial charge is 0.326 e. The highest BCUT2D eigenvalue weighted by molar-refractivity contribution is 9.11. The van der Waals surface area contributed by atoms with E-state index in [9.17, 15) is 13.2 Å². The molecule has 0 spiro atoms. The van der Waals surface area contributed by atoms with Crippen LogP contribution < -0.4 is 4.72 Å². The van der Waals surface area contributed by atoms with Gasteiger partial charge in [-0.3, -0.25) is 4.79 Å². The van der Waals surface area contributed by atoms with Crippen LogP contribution in [0.2, 0.25) is 0 Å². The van der Waals surface area contributed by atoms with E-state index in [1.54, 1.807) is 6.92 Å². The normalized spacial score (nSPS) is 12.5. The van der Waals surface area contributed by atoms with Crippen molar-refractivity contribution in [2.45, 2.75) is 31.2 Å². The maximum atomic E-state index is 12.2. The largest absolute Gasteiger partial charge is 0.468 e. The fraction of sp³-hybridized carbons (Fsp3) is 0.500. The summed E-state index contributed by atoms with van der Waals surface area (Å²) in [6.07, 6.45) is 0. The third-order valence-corrected chi connectivity index (χ3v) is 5.68. The summed E-state index contributed by atoms with van der Waals surface area (Å²) in [6.45, 7) is 4.61. The van der Waals surface area contributed by atoms with E-state index in [-0.39, 0.29) is 4.90 Å². The summed E-state index contributed by atoms with van der Waals surface area (Å²) in [5.74, 6) is -0.641. The minimum absolute atomic E-state index is 0.163. The minimum Gasteiger partial charge on any atom is -0.468 e. The van der Waals surface area contributed by atoms with Crippen LogP contribution in [0.4, 0.5) is 0 Å². The molecule has 1 rings (SSSR count). The molecule has 1 heterocycles. The zero-order valence-electron chi connectivity index (χ0n) is 10.4. The van der Waals surface area contributed by atoms with Crippen molar-refractivity contribution >= 4 is 43.3 Å². The number of carbonyl (C=O) groups is 1. The molecule has 5 nitrogen and oxygen atoms in total. The van der Waals surface area contributed by atoms with Gasteiger partial charge in [0.15, 0.2) is 0 Å². The highest BCUT2D eigenvalue weighted by Crippen LogP contribution is 2.30. The quantitative estimate of drug-likeness (QED) is 0.838. The number of sulfonamides is 1. The third kappa shape index (κ3) is 3.31. The van der Waals surface area contributed by atoms with Crippen LogP contribution in [0.1, 0.15) is 18.7 Å². The Morgan fingerprint density at radius 3 is 2.44 bits per heavy atom. The number of thiophene rings is 1. The predicted molar refractivity (Wildman–Crippen MR) is 73.2 cm³/mol. The molecule has 0 aromatic carbocycles. The Morgan fingerprint density at radius 1 is 1.50 bits per heavy atom. The molecule has 0 unspecified atom stereocenters. The van der Waals surface area contributed by atoms with Crippen LogP contribution in [0, 0.1) is 6.92 Å². The monoisotopic (exact) mass is 355 g/mol. The second-order valence-electron chi connectivity index (χ2n) is 4.19. The van der Waals surface area contributed by atoms with Gasteiger partial charge in [-0.2, -0.15) is 4.72 Å².